The van der Waals surface area contributed by atoms with E-state index in [4.69, 9.17) is 0 Å². The summed E-state index contributed by atoms with van der Waals surface area (Å²) in [5, 5.41) is 3.25. The number of hydrogen-bond donors (Lipinski definition) is 1. The van der Waals surface area contributed by atoms with Crippen LogP contribution in [0.25, 0.3) is 0 Å². The maximum atomic E-state index is 12.7. The molecule has 1 aromatic carbocycles. The van der Waals surface area contributed by atoms with E-state index in [9.17, 15) is 8.42 Å². The molecule has 0 bridgehead atoms. The SMILES string of the molecule is CCNCc1cccc(S(=O)(=O)N2CCC(C)C2)c1C. The molecule has 1 heterocycles. The van der Waals surface area contributed by atoms with Crippen molar-refractivity contribution >= 4 is 10.0 Å². The van der Waals surface area contributed by atoms with Crippen LogP contribution in [0.5, 0.6) is 0 Å². The first-order chi connectivity index (χ1) is 9.46. The summed E-state index contributed by atoms with van der Waals surface area (Å²) >= 11 is 0. The molecule has 0 radical (unpaired) electrons. The molecule has 0 spiro atoms. The molecule has 5 heteroatoms. The zero-order valence-electron chi connectivity index (χ0n) is 12.5. The second-order valence-electron chi connectivity index (χ2n) is 5.58. The Morgan fingerprint density at radius 3 is 2.75 bits per heavy atom. The van der Waals surface area contributed by atoms with Gasteiger partial charge < -0.3 is 5.32 Å². The van der Waals surface area contributed by atoms with Gasteiger partial charge in [-0.2, -0.15) is 4.31 Å². The Kier molecular flexibility index (Phi) is 4.83. The quantitative estimate of drug-likeness (QED) is 0.905. The summed E-state index contributed by atoms with van der Waals surface area (Å²) in [6.07, 6.45) is 0.954. The summed E-state index contributed by atoms with van der Waals surface area (Å²) in [4.78, 5) is 0.460. The van der Waals surface area contributed by atoms with Gasteiger partial charge >= 0.3 is 0 Å². The van der Waals surface area contributed by atoms with Gasteiger partial charge in [0.15, 0.2) is 0 Å². The number of nitrogens with one attached hydrogen (secondary N) is 1. The molecule has 20 heavy (non-hydrogen) atoms. The van der Waals surface area contributed by atoms with Gasteiger partial charge in [-0.1, -0.05) is 26.0 Å². The molecule has 112 valence electrons. The summed E-state index contributed by atoms with van der Waals surface area (Å²) in [5.41, 5.74) is 1.92. The van der Waals surface area contributed by atoms with Gasteiger partial charge in [0.05, 0.1) is 4.90 Å². The standard InChI is InChI=1S/C15H24N2O2S/c1-4-16-10-14-6-5-7-15(13(14)3)20(18,19)17-9-8-12(2)11-17/h5-7,12,16H,4,8-11H2,1-3H3. The molecule has 0 amide bonds. The number of sulfonamides is 1. The monoisotopic (exact) mass is 296 g/mol. The van der Waals surface area contributed by atoms with Gasteiger partial charge in [0.1, 0.15) is 0 Å². The molecule has 1 atom stereocenters. The van der Waals surface area contributed by atoms with Crippen LogP contribution >= 0.6 is 0 Å². The lowest BCUT2D eigenvalue weighted by atomic mass is 10.1. The van der Waals surface area contributed by atoms with E-state index in [1.807, 2.05) is 26.0 Å². The summed E-state index contributed by atoms with van der Waals surface area (Å²) in [6, 6.07) is 5.55. The largest absolute Gasteiger partial charge is 0.313 e. The Bertz CT molecular complexity index is 569. The zero-order chi connectivity index (χ0) is 14.8. The first kappa shape index (κ1) is 15.5. The van der Waals surface area contributed by atoms with E-state index in [2.05, 4.69) is 12.2 Å². The normalized spacial score (nSPS) is 20.4. The van der Waals surface area contributed by atoms with Crippen molar-refractivity contribution < 1.29 is 8.42 Å². The molecule has 1 aromatic rings. The predicted molar refractivity (Wildman–Crippen MR) is 81.1 cm³/mol. The van der Waals surface area contributed by atoms with Crippen LogP contribution in [0, 0.1) is 12.8 Å². The Morgan fingerprint density at radius 2 is 2.15 bits per heavy atom. The van der Waals surface area contributed by atoms with E-state index in [1.54, 1.807) is 10.4 Å². The molecule has 0 saturated carbocycles. The van der Waals surface area contributed by atoms with Crippen molar-refractivity contribution in [1.29, 1.82) is 0 Å². The first-order valence-electron chi connectivity index (χ1n) is 7.26. The molecular formula is C15H24N2O2S. The zero-order valence-corrected chi connectivity index (χ0v) is 13.3. The molecule has 1 saturated heterocycles. The van der Waals surface area contributed by atoms with E-state index in [0.29, 0.717) is 30.4 Å². The Labute approximate surface area is 122 Å². The molecular weight excluding hydrogens is 272 g/mol. The highest BCUT2D eigenvalue weighted by Crippen LogP contribution is 2.27. The smallest absolute Gasteiger partial charge is 0.243 e. The second-order valence-corrected chi connectivity index (χ2v) is 7.48. The molecule has 1 aliphatic heterocycles. The fraction of sp³-hybridized carbons (Fsp3) is 0.600. The topological polar surface area (TPSA) is 49.4 Å². The van der Waals surface area contributed by atoms with Crippen LogP contribution in [0.3, 0.4) is 0 Å². The number of hydrogen-bond acceptors (Lipinski definition) is 3. The molecule has 4 nitrogen and oxygen atoms in total. The van der Waals surface area contributed by atoms with Crippen molar-refractivity contribution in [2.24, 2.45) is 5.92 Å². The molecule has 0 aliphatic carbocycles. The van der Waals surface area contributed by atoms with Crippen LogP contribution < -0.4 is 5.32 Å². The number of benzene rings is 1. The fourth-order valence-electron chi connectivity index (χ4n) is 2.64. The average molecular weight is 296 g/mol. The van der Waals surface area contributed by atoms with E-state index in [1.165, 1.54) is 0 Å². The van der Waals surface area contributed by atoms with Crippen LogP contribution in [0.1, 0.15) is 31.4 Å². The van der Waals surface area contributed by atoms with E-state index >= 15 is 0 Å². The minimum absolute atomic E-state index is 0.454. The minimum atomic E-state index is -3.34. The molecule has 1 N–H and O–H groups in total. The highest BCUT2D eigenvalue weighted by molar-refractivity contribution is 7.89. The van der Waals surface area contributed by atoms with Crippen molar-refractivity contribution in [2.45, 2.75) is 38.6 Å². The lowest BCUT2D eigenvalue weighted by Gasteiger charge is -2.19. The summed E-state index contributed by atoms with van der Waals surface area (Å²) in [6.45, 7) is 8.91. The summed E-state index contributed by atoms with van der Waals surface area (Å²) in [7, 11) is -3.34. The van der Waals surface area contributed by atoms with Crippen LogP contribution in [-0.4, -0.2) is 32.4 Å². The lowest BCUT2D eigenvalue weighted by molar-refractivity contribution is 0.464. The maximum Gasteiger partial charge on any atom is 0.243 e. The molecule has 1 fully saturated rings. The Balaban J connectivity index is 2.32. The molecule has 0 aromatic heterocycles. The van der Waals surface area contributed by atoms with Crippen LogP contribution in [0.2, 0.25) is 0 Å². The Morgan fingerprint density at radius 1 is 1.40 bits per heavy atom. The van der Waals surface area contributed by atoms with Gasteiger partial charge in [-0.05, 0) is 43.0 Å². The van der Waals surface area contributed by atoms with Gasteiger partial charge in [-0.15, -0.1) is 0 Å². The molecule has 1 aliphatic rings. The third kappa shape index (κ3) is 3.05. The van der Waals surface area contributed by atoms with Gasteiger partial charge in [0.2, 0.25) is 10.0 Å². The van der Waals surface area contributed by atoms with Gasteiger partial charge in [-0.25, -0.2) is 8.42 Å². The minimum Gasteiger partial charge on any atom is -0.313 e. The van der Waals surface area contributed by atoms with Crippen molar-refractivity contribution in [2.75, 3.05) is 19.6 Å². The van der Waals surface area contributed by atoms with Crippen LogP contribution in [0.15, 0.2) is 23.1 Å². The summed E-state index contributed by atoms with van der Waals surface area (Å²) in [5.74, 6) is 0.454. The highest BCUT2D eigenvalue weighted by Gasteiger charge is 2.31. The van der Waals surface area contributed by atoms with Gasteiger partial charge in [-0.3, -0.25) is 0 Å². The van der Waals surface area contributed by atoms with E-state index in [-0.39, 0.29) is 0 Å². The maximum absolute atomic E-state index is 12.7. The summed E-state index contributed by atoms with van der Waals surface area (Å²) < 4.78 is 27.1. The van der Waals surface area contributed by atoms with Crippen molar-refractivity contribution in [1.82, 2.24) is 9.62 Å². The third-order valence-corrected chi connectivity index (χ3v) is 5.98. The van der Waals surface area contributed by atoms with E-state index < -0.39 is 10.0 Å². The molecule has 1 unspecified atom stereocenters. The average Bonchev–Trinajstić information content (AvgIpc) is 2.85. The predicted octanol–water partition coefficient (Wildman–Crippen LogP) is 2.14. The molecule has 2 rings (SSSR count). The van der Waals surface area contributed by atoms with Crippen LogP contribution in [-0.2, 0) is 16.6 Å². The second kappa shape index (κ2) is 6.24. The van der Waals surface area contributed by atoms with E-state index in [0.717, 1.165) is 24.1 Å². The Hall–Kier alpha value is -0.910. The van der Waals surface area contributed by atoms with Crippen molar-refractivity contribution in [3.05, 3.63) is 29.3 Å². The van der Waals surface area contributed by atoms with Crippen molar-refractivity contribution in [3.63, 3.8) is 0 Å². The third-order valence-electron chi connectivity index (χ3n) is 3.97. The lowest BCUT2D eigenvalue weighted by Crippen LogP contribution is -2.29. The number of nitrogens with zero attached hydrogens (tertiary/aromatic N) is 1. The fourth-order valence-corrected chi connectivity index (χ4v) is 4.49. The van der Waals surface area contributed by atoms with Crippen molar-refractivity contribution in [3.8, 4) is 0 Å². The van der Waals surface area contributed by atoms with Crippen LogP contribution in [0.4, 0.5) is 0 Å². The van der Waals surface area contributed by atoms with Gasteiger partial charge in [0.25, 0.3) is 0 Å². The number of rotatable bonds is 5. The highest BCUT2D eigenvalue weighted by atomic mass is 32.2. The van der Waals surface area contributed by atoms with Gasteiger partial charge in [0, 0.05) is 19.6 Å². The first-order valence-corrected chi connectivity index (χ1v) is 8.70.